The Kier molecular flexibility index (Phi) is 6.97. The largest absolute Gasteiger partial charge is 0.497 e. The van der Waals surface area contributed by atoms with Crippen molar-refractivity contribution in [3.8, 4) is 11.5 Å². The Hall–Kier alpha value is -4.06. The second-order valence-corrected chi connectivity index (χ2v) is 8.17. The van der Waals surface area contributed by atoms with E-state index in [0.717, 1.165) is 29.7 Å². The molecule has 174 valence electrons. The first-order valence-corrected chi connectivity index (χ1v) is 11.2. The van der Waals surface area contributed by atoms with Crippen molar-refractivity contribution in [3.63, 3.8) is 0 Å². The van der Waals surface area contributed by atoms with E-state index in [4.69, 9.17) is 9.47 Å². The number of hydrogen-bond acceptors (Lipinski definition) is 4. The summed E-state index contributed by atoms with van der Waals surface area (Å²) in [6, 6.07) is 22.4. The van der Waals surface area contributed by atoms with Crippen molar-refractivity contribution in [2.24, 2.45) is 0 Å². The second kappa shape index (κ2) is 10.3. The van der Waals surface area contributed by atoms with E-state index in [0.29, 0.717) is 29.0 Å². The fourth-order valence-electron chi connectivity index (χ4n) is 4.09. The molecule has 0 bridgehead atoms. The van der Waals surface area contributed by atoms with Crippen molar-refractivity contribution in [2.45, 2.75) is 26.2 Å². The molecule has 1 aromatic heterocycles. The van der Waals surface area contributed by atoms with E-state index in [1.165, 1.54) is 5.56 Å². The molecule has 0 spiro atoms. The number of aryl methyl sites for hydroxylation is 2. The monoisotopic (exact) mass is 457 g/mol. The normalized spacial score (nSPS) is 10.9. The lowest BCUT2D eigenvalue weighted by atomic mass is 10.1. The number of carbonyl (C=O) groups excluding carboxylic acids is 1. The maximum atomic E-state index is 13.2. The number of ether oxygens (including phenoxy) is 2. The molecule has 6 heteroatoms. The summed E-state index contributed by atoms with van der Waals surface area (Å²) in [4.78, 5) is 24.4. The number of benzene rings is 3. The number of hydrogen-bond donors (Lipinski definition) is 1. The van der Waals surface area contributed by atoms with Gasteiger partial charge in [-0.3, -0.25) is 14.2 Å². The van der Waals surface area contributed by atoms with E-state index in [1.54, 1.807) is 48.1 Å². The number of carbonyl (C=O) groups is 2. The minimum absolute atomic E-state index is 0.0838. The van der Waals surface area contributed by atoms with Crippen LogP contribution in [0.15, 0.2) is 72.8 Å². The van der Waals surface area contributed by atoms with Crippen LogP contribution in [0, 0.1) is 6.92 Å². The van der Waals surface area contributed by atoms with Gasteiger partial charge in [-0.05, 0) is 79.4 Å². The van der Waals surface area contributed by atoms with E-state index in [9.17, 15) is 14.7 Å². The van der Waals surface area contributed by atoms with E-state index in [-0.39, 0.29) is 12.3 Å². The lowest BCUT2D eigenvalue weighted by Crippen LogP contribution is -2.13. The topological polar surface area (TPSA) is 77.8 Å². The molecule has 0 unspecified atom stereocenters. The third-order valence-electron chi connectivity index (χ3n) is 5.80. The summed E-state index contributed by atoms with van der Waals surface area (Å²) in [5.41, 5.74) is 3.93. The molecular weight excluding hydrogens is 430 g/mol. The zero-order valence-electron chi connectivity index (χ0n) is 19.3. The van der Waals surface area contributed by atoms with Gasteiger partial charge in [0, 0.05) is 16.6 Å². The van der Waals surface area contributed by atoms with Crippen molar-refractivity contribution >= 4 is 22.8 Å². The van der Waals surface area contributed by atoms with Crippen LogP contribution in [0.25, 0.3) is 10.9 Å². The van der Waals surface area contributed by atoms with Gasteiger partial charge in [0.1, 0.15) is 11.5 Å². The predicted molar refractivity (Wildman–Crippen MR) is 131 cm³/mol. The summed E-state index contributed by atoms with van der Waals surface area (Å²) < 4.78 is 12.7. The summed E-state index contributed by atoms with van der Waals surface area (Å²) in [6.07, 6.45) is 1.70. The summed E-state index contributed by atoms with van der Waals surface area (Å²) in [6.45, 7) is 2.43. The molecule has 0 aliphatic carbocycles. The first-order valence-electron chi connectivity index (χ1n) is 11.2. The Balaban J connectivity index is 1.40. The highest BCUT2D eigenvalue weighted by Gasteiger charge is 2.17. The number of methoxy groups -OCH3 is 1. The molecule has 1 heterocycles. The van der Waals surface area contributed by atoms with Crippen LogP contribution in [-0.2, 0) is 17.6 Å². The van der Waals surface area contributed by atoms with Gasteiger partial charge < -0.3 is 14.6 Å². The van der Waals surface area contributed by atoms with Gasteiger partial charge >= 0.3 is 5.97 Å². The van der Waals surface area contributed by atoms with Gasteiger partial charge in [0.15, 0.2) is 0 Å². The fraction of sp³-hybridized carbons (Fsp3) is 0.214. The van der Waals surface area contributed by atoms with E-state index in [2.05, 4.69) is 12.1 Å². The van der Waals surface area contributed by atoms with E-state index < -0.39 is 5.97 Å². The molecule has 0 fully saturated rings. The summed E-state index contributed by atoms with van der Waals surface area (Å²) in [7, 11) is 1.65. The summed E-state index contributed by atoms with van der Waals surface area (Å²) >= 11 is 0. The molecule has 0 aliphatic heterocycles. The average molecular weight is 458 g/mol. The Labute approximate surface area is 198 Å². The standard InChI is InChI=1S/C28H27NO5/c1-19-17-25-22(18-27(30)31)6-3-7-26(25)29(19)28(32)21-10-14-24(15-11-21)34-16-4-5-20-8-12-23(33-2)13-9-20/h3,6-15,17H,4-5,16,18H2,1-2H3,(H,30,31). The molecule has 4 rings (SSSR count). The quantitative estimate of drug-likeness (QED) is 0.346. The fourth-order valence-corrected chi connectivity index (χ4v) is 4.09. The first-order chi connectivity index (χ1) is 16.5. The van der Waals surface area contributed by atoms with Crippen molar-refractivity contribution in [1.82, 2.24) is 4.57 Å². The number of carboxylic acids is 1. The number of carboxylic acid groups (broad SMARTS) is 1. The number of aliphatic carboxylic acids is 1. The molecule has 0 saturated heterocycles. The maximum Gasteiger partial charge on any atom is 0.307 e. The molecule has 6 nitrogen and oxygen atoms in total. The SMILES string of the molecule is COc1ccc(CCCOc2ccc(C(=O)n3c(C)cc4c(CC(=O)O)cccc43)cc2)cc1. The Morgan fingerprint density at radius 3 is 2.32 bits per heavy atom. The van der Waals surface area contributed by atoms with Gasteiger partial charge in [-0.2, -0.15) is 0 Å². The van der Waals surface area contributed by atoms with Gasteiger partial charge in [-0.25, -0.2) is 0 Å². The van der Waals surface area contributed by atoms with Gasteiger partial charge in [-0.1, -0.05) is 24.3 Å². The lowest BCUT2D eigenvalue weighted by molar-refractivity contribution is -0.136. The highest BCUT2D eigenvalue weighted by atomic mass is 16.5. The van der Waals surface area contributed by atoms with Crippen LogP contribution in [0.5, 0.6) is 11.5 Å². The number of fused-ring (bicyclic) bond motifs is 1. The van der Waals surface area contributed by atoms with Crippen molar-refractivity contribution in [1.29, 1.82) is 0 Å². The molecule has 4 aromatic rings. The Morgan fingerprint density at radius 1 is 0.941 bits per heavy atom. The molecule has 1 N–H and O–H groups in total. The Morgan fingerprint density at radius 2 is 1.65 bits per heavy atom. The van der Waals surface area contributed by atoms with Crippen molar-refractivity contribution in [3.05, 3.63) is 95.2 Å². The maximum absolute atomic E-state index is 13.2. The van der Waals surface area contributed by atoms with Gasteiger partial charge in [0.05, 0.1) is 25.7 Å². The summed E-state index contributed by atoms with van der Waals surface area (Å²) in [5, 5.41) is 9.96. The highest BCUT2D eigenvalue weighted by molar-refractivity contribution is 6.04. The van der Waals surface area contributed by atoms with Crippen LogP contribution in [-0.4, -0.2) is 35.3 Å². The minimum Gasteiger partial charge on any atom is -0.497 e. The number of aromatic nitrogens is 1. The number of rotatable bonds is 9. The van der Waals surface area contributed by atoms with E-state index >= 15 is 0 Å². The van der Waals surface area contributed by atoms with Gasteiger partial charge in [0.25, 0.3) is 5.91 Å². The molecule has 34 heavy (non-hydrogen) atoms. The zero-order chi connectivity index (χ0) is 24.1. The van der Waals surface area contributed by atoms with Crippen LogP contribution in [0.4, 0.5) is 0 Å². The minimum atomic E-state index is -0.899. The smallest absolute Gasteiger partial charge is 0.307 e. The Bertz CT molecular complexity index is 1300. The molecule has 0 saturated carbocycles. The van der Waals surface area contributed by atoms with Crippen LogP contribution in [0.2, 0.25) is 0 Å². The second-order valence-electron chi connectivity index (χ2n) is 8.17. The molecule has 0 amide bonds. The highest BCUT2D eigenvalue weighted by Crippen LogP contribution is 2.25. The number of nitrogens with zero attached hydrogens (tertiary/aromatic N) is 1. The van der Waals surface area contributed by atoms with Crippen LogP contribution < -0.4 is 9.47 Å². The van der Waals surface area contributed by atoms with Crippen LogP contribution in [0.1, 0.15) is 33.6 Å². The van der Waals surface area contributed by atoms with Gasteiger partial charge in [-0.15, -0.1) is 0 Å². The zero-order valence-corrected chi connectivity index (χ0v) is 19.3. The van der Waals surface area contributed by atoms with Gasteiger partial charge in [0.2, 0.25) is 0 Å². The van der Waals surface area contributed by atoms with Crippen LogP contribution in [0.3, 0.4) is 0 Å². The molecule has 0 aliphatic rings. The molecule has 3 aromatic carbocycles. The predicted octanol–water partition coefficient (Wildman–Crippen LogP) is 5.29. The molecular formula is C28H27NO5. The first kappa shape index (κ1) is 23.1. The van der Waals surface area contributed by atoms with E-state index in [1.807, 2.05) is 31.2 Å². The summed E-state index contributed by atoms with van der Waals surface area (Å²) in [5.74, 6) is 0.498. The van der Waals surface area contributed by atoms with Crippen molar-refractivity contribution in [2.75, 3.05) is 13.7 Å². The van der Waals surface area contributed by atoms with Crippen LogP contribution >= 0.6 is 0 Å². The third kappa shape index (κ3) is 5.12. The molecule has 0 radical (unpaired) electrons. The average Bonchev–Trinajstić information content (AvgIpc) is 3.18. The van der Waals surface area contributed by atoms with Crippen molar-refractivity contribution < 1.29 is 24.2 Å². The lowest BCUT2D eigenvalue weighted by Gasteiger charge is -2.10. The third-order valence-corrected chi connectivity index (χ3v) is 5.80. The molecule has 0 atom stereocenters.